The van der Waals surface area contributed by atoms with Crippen molar-refractivity contribution in [1.29, 1.82) is 0 Å². The maximum atomic E-state index is 13.6. The number of halogens is 4. The number of fused-ring (bicyclic) bond motifs is 1. The SMILES string of the molecule is O=C(N[C@@H](CCN1CC[C@@H](CCc2ccc3c(n2)NCCC3)C1)C(=O)O)c1cc(F)cc(C(F)(F)F)c1. The van der Waals surface area contributed by atoms with Crippen LogP contribution in [0.4, 0.5) is 23.4 Å². The van der Waals surface area contributed by atoms with Gasteiger partial charge in [-0.1, -0.05) is 6.07 Å². The van der Waals surface area contributed by atoms with Crippen molar-refractivity contribution in [2.75, 3.05) is 31.5 Å². The van der Waals surface area contributed by atoms with E-state index in [-0.39, 0.29) is 12.5 Å². The standard InChI is InChI=1S/C26H30F4N4O3/c27-20-13-18(12-19(14-20)26(28,29)30)24(35)33-22(25(36)37)8-11-34-10-7-16(15-34)3-5-21-6-4-17-2-1-9-31-23(17)32-21/h4,6,12-14,16,22H,1-3,5,7-11,15H2,(H,31,32)(H,33,35)(H,36,37)/t16-,22+/m1/s1. The van der Waals surface area contributed by atoms with Crippen LogP contribution >= 0.6 is 0 Å². The first-order valence-electron chi connectivity index (χ1n) is 12.4. The molecule has 2 atom stereocenters. The molecule has 0 aliphatic carbocycles. The number of carbonyl (C=O) groups is 2. The van der Waals surface area contributed by atoms with E-state index < -0.39 is 41.0 Å². The Morgan fingerprint density at radius 1 is 1.24 bits per heavy atom. The smallest absolute Gasteiger partial charge is 0.416 e. The number of likely N-dealkylation sites (tertiary alicyclic amines) is 1. The van der Waals surface area contributed by atoms with Crippen LogP contribution in [0.3, 0.4) is 0 Å². The second kappa shape index (κ2) is 11.5. The zero-order valence-electron chi connectivity index (χ0n) is 20.3. The van der Waals surface area contributed by atoms with Crippen molar-refractivity contribution < 1.29 is 32.3 Å². The van der Waals surface area contributed by atoms with Crippen LogP contribution in [0.5, 0.6) is 0 Å². The molecule has 11 heteroatoms. The van der Waals surface area contributed by atoms with Crippen LogP contribution in [0.25, 0.3) is 0 Å². The lowest BCUT2D eigenvalue weighted by atomic mass is 10.00. The van der Waals surface area contributed by atoms with Crippen LogP contribution in [0, 0.1) is 11.7 Å². The molecule has 1 aromatic carbocycles. The Kier molecular flexibility index (Phi) is 8.31. The third kappa shape index (κ3) is 7.18. The molecule has 0 unspecified atom stereocenters. The largest absolute Gasteiger partial charge is 0.480 e. The topological polar surface area (TPSA) is 94.6 Å². The molecule has 200 valence electrons. The van der Waals surface area contributed by atoms with Gasteiger partial charge in [0, 0.05) is 30.9 Å². The number of nitrogens with zero attached hydrogens (tertiary/aromatic N) is 2. The minimum absolute atomic E-state index is 0.0767. The molecule has 0 spiro atoms. The van der Waals surface area contributed by atoms with Gasteiger partial charge in [-0.05, 0) is 80.8 Å². The number of hydrogen-bond acceptors (Lipinski definition) is 5. The average Bonchev–Trinajstić information content (AvgIpc) is 3.31. The first-order valence-corrected chi connectivity index (χ1v) is 12.4. The number of amides is 1. The Bertz CT molecular complexity index is 1140. The molecule has 4 rings (SSSR count). The second-order valence-electron chi connectivity index (χ2n) is 9.71. The molecule has 1 saturated heterocycles. The van der Waals surface area contributed by atoms with Crippen LogP contribution in [0.15, 0.2) is 30.3 Å². The molecule has 3 N–H and O–H groups in total. The summed E-state index contributed by atoms with van der Waals surface area (Å²) in [6.07, 6.45) is 0.188. The van der Waals surface area contributed by atoms with E-state index in [4.69, 9.17) is 4.98 Å². The van der Waals surface area contributed by atoms with Gasteiger partial charge in [0.05, 0.1) is 5.56 Å². The molecular weight excluding hydrogens is 492 g/mol. The van der Waals surface area contributed by atoms with Gasteiger partial charge in [-0.15, -0.1) is 0 Å². The van der Waals surface area contributed by atoms with E-state index in [0.717, 1.165) is 63.3 Å². The third-order valence-electron chi connectivity index (χ3n) is 6.96. The zero-order valence-corrected chi connectivity index (χ0v) is 20.3. The molecule has 0 radical (unpaired) electrons. The van der Waals surface area contributed by atoms with E-state index >= 15 is 0 Å². The van der Waals surface area contributed by atoms with Crippen LogP contribution in [-0.2, 0) is 23.8 Å². The molecule has 2 aliphatic heterocycles. The number of aromatic nitrogens is 1. The van der Waals surface area contributed by atoms with Crippen molar-refractivity contribution in [1.82, 2.24) is 15.2 Å². The molecule has 1 amide bonds. The van der Waals surface area contributed by atoms with Crippen LogP contribution < -0.4 is 10.6 Å². The molecule has 2 aromatic rings. The predicted octanol–water partition coefficient (Wildman–Crippen LogP) is 4.13. The minimum Gasteiger partial charge on any atom is -0.480 e. The van der Waals surface area contributed by atoms with E-state index in [0.29, 0.717) is 24.6 Å². The van der Waals surface area contributed by atoms with E-state index in [1.54, 1.807) is 0 Å². The Morgan fingerprint density at radius 2 is 2.05 bits per heavy atom. The van der Waals surface area contributed by atoms with Crippen molar-refractivity contribution >= 4 is 17.7 Å². The molecule has 7 nitrogen and oxygen atoms in total. The number of aryl methyl sites for hydroxylation is 2. The molecular formula is C26H30F4N4O3. The van der Waals surface area contributed by atoms with Gasteiger partial charge < -0.3 is 20.6 Å². The molecule has 0 bridgehead atoms. The quantitative estimate of drug-likeness (QED) is 0.429. The van der Waals surface area contributed by atoms with Crippen LogP contribution in [0.1, 0.15) is 52.9 Å². The number of alkyl halides is 3. The number of carboxylic acid groups (broad SMARTS) is 1. The van der Waals surface area contributed by atoms with Gasteiger partial charge in [-0.25, -0.2) is 14.2 Å². The van der Waals surface area contributed by atoms with Crippen molar-refractivity contribution in [2.45, 2.75) is 50.7 Å². The van der Waals surface area contributed by atoms with Crippen LogP contribution in [-0.4, -0.2) is 59.1 Å². The average molecular weight is 523 g/mol. The number of benzene rings is 1. The lowest BCUT2D eigenvalue weighted by molar-refractivity contribution is -0.140. The highest BCUT2D eigenvalue weighted by molar-refractivity contribution is 5.96. The Hall–Kier alpha value is -3.21. The van der Waals surface area contributed by atoms with Gasteiger partial charge in [0.15, 0.2) is 0 Å². The molecule has 37 heavy (non-hydrogen) atoms. The Balaban J connectivity index is 1.26. The first-order chi connectivity index (χ1) is 17.6. The summed E-state index contributed by atoms with van der Waals surface area (Å²) in [5.74, 6) is -2.17. The molecule has 1 fully saturated rings. The number of pyridine rings is 1. The van der Waals surface area contributed by atoms with Gasteiger partial charge in [-0.3, -0.25) is 4.79 Å². The summed E-state index contributed by atoms with van der Waals surface area (Å²) < 4.78 is 52.5. The molecule has 0 saturated carbocycles. The first kappa shape index (κ1) is 26.8. The Labute approximate surface area is 212 Å². The van der Waals surface area contributed by atoms with Gasteiger partial charge in [-0.2, -0.15) is 13.2 Å². The summed E-state index contributed by atoms with van der Waals surface area (Å²) in [6, 6.07) is 4.36. The normalized spacial score (nSPS) is 18.6. The number of anilines is 1. The number of carbonyl (C=O) groups excluding carboxylic acids is 1. The van der Waals surface area contributed by atoms with Crippen molar-refractivity contribution in [2.24, 2.45) is 5.92 Å². The highest BCUT2D eigenvalue weighted by atomic mass is 19.4. The number of carboxylic acids is 1. The number of rotatable bonds is 9. The summed E-state index contributed by atoms with van der Waals surface area (Å²) in [7, 11) is 0. The zero-order chi connectivity index (χ0) is 26.6. The fourth-order valence-corrected chi connectivity index (χ4v) is 4.91. The lowest BCUT2D eigenvalue weighted by Crippen LogP contribution is -2.43. The molecule has 1 aromatic heterocycles. The summed E-state index contributed by atoms with van der Waals surface area (Å²) in [5.41, 5.74) is 0.409. The van der Waals surface area contributed by atoms with E-state index in [2.05, 4.69) is 27.7 Å². The van der Waals surface area contributed by atoms with E-state index in [1.807, 2.05) is 0 Å². The van der Waals surface area contributed by atoms with Crippen molar-refractivity contribution in [3.63, 3.8) is 0 Å². The van der Waals surface area contributed by atoms with Crippen molar-refractivity contribution in [3.8, 4) is 0 Å². The van der Waals surface area contributed by atoms with E-state index in [9.17, 15) is 32.3 Å². The number of nitrogens with one attached hydrogen (secondary N) is 2. The summed E-state index contributed by atoms with van der Waals surface area (Å²) in [5, 5.41) is 15.1. The third-order valence-corrected chi connectivity index (χ3v) is 6.96. The predicted molar refractivity (Wildman–Crippen MR) is 129 cm³/mol. The lowest BCUT2D eigenvalue weighted by Gasteiger charge is -2.20. The van der Waals surface area contributed by atoms with Crippen molar-refractivity contribution in [3.05, 3.63) is 58.5 Å². The number of aliphatic carboxylic acids is 1. The fourth-order valence-electron chi connectivity index (χ4n) is 4.91. The van der Waals surface area contributed by atoms with Gasteiger partial charge in [0.25, 0.3) is 5.91 Å². The van der Waals surface area contributed by atoms with Gasteiger partial charge in [0.1, 0.15) is 17.7 Å². The second-order valence-corrected chi connectivity index (χ2v) is 9.71. The molecule has 2 aliphatic rings. The molecule has 3 heterocycles. The summed E-state index contributed by atoms with van der Waals surface area (Å²) in [4.78, 5) is 31.0. The summed E-state index contributed by atoms with van der Waals surface area (Å²) >= 11 is 0. The summed E-state index contributed by atoms with van der Waals surface area (Å²) in [6.45, 7) is 2.94. The highest BCUT2D eigenvalue weighted by Crippen LogP contribution is 2.30. The highest BCUT2D eigenvalue weighted by Gasteiger charge is 2.32. The maximum Gasteiger partial charge on any atom is 0.416 e. The fraction of sp³-hybridized carbons (Fsp3) is 0.500. The Morgan fingerprint density at radius 3 is 2.81 bits per heavy atom. The number of hydrogen-bond donors (Lipinski definition) is 3. The maximum absolute atomic E-state index is 13.6. The van der Waals surface area contributed by atoms with Gasteiger partial charge in [0.2, 0.25) is 0 Å². The monoisotopic (exact) mass is 522 g/mol. The van der Waals surface area contributed by atoms with E-state index in [1.165, 1.54) is 5.56 Å². The van der Waals surface area contributed by atoms with Crippen LogP contribution in [0.2, 0.25) is 0 Å². The minimum atomic E-state index is -4.83. The van der Waals surface area contributed by atoms with Gasteiger partial charge >= 0.3 is 12.1 Å².